The molecule has 1 aliphatic rings. The first-order chi connectivity index (χ1) is 15.4. The summed E-state index contributed by atoms with van der Waals surface area (Å²) in [6.07, 6.45) is 1.02. The van der Waals surface area contributed by atoms with Gasteiger partial charge in [0, 0.05) is 10.4 Å². The molecule has 9 heteroatoms. The molecule has 0 radical (unpaired) electrons. The fourth-order valence-corrected chi connectivity index (χ4v) is 6.45. The summed E-state index contributed by atoms with van der Waals surface area (Å²) < 4.78 is 26.8. The van der Waals surface area contributed by atoms with E-state index >= 15 is 0 Å². The van der Waals surface area contributed by atoms with Crippen LogP contribution in [0.2, 0.25) is 0 Å². The number of rotatable bonds is 5. The van der Waals surface area contributed by atoms with Gasteiger partial charge in [-0.1, -0.05) is 30.3 Å². The molecule has 0 saturated heterocycles. The molecule has 0 amide bonds. The van der Waals surface area contributed by atoms with Crippen LogP contribution in [0.1, 0.15) is 17.7 Å². The van der Waals surface area contributed by atoms with Gasteiger partial charge in [-0.05, 0) is 48.1 Å². The van der Waals surface area contributed by atoms with E-state index in [0.717, 1.165) is 15.0 Å². The lowest BCUT2D eigenvalue weighted by Crippen LogP contribution is -2.20. The summed E-state index contributed by atoms with van der Waals surface area (Å²) >= 11 is 1.57. The largest absolute Gasteiger partial charge is 0.481 e. The van der Waals surface area contributed by atoms with Gasteiger partial charge in [-0.3, -0.25) is 4.79 Å². The number of nitrogens with zero attached hydrogens (tertiary/aromatic N) is 2. The maximum Gasteiger partial charge on any atom is 0.307 e. The summed E-state index contributed by atoms with van der Waals surface area (Å²) in [5, 5.41) is 13.2. The number of hydrogen-bond acceptors (Lipinski definition) is 7. The Morgan fingerprint density at radius 2 is 1.88 bits per heavy atom. The Labute approximate surface area is 188 Å². The van der Waals surface area contributed by atoms with E-state index in [0.29, 0.717) is 35.6 Å². The second-order valence-electron chi connectivity index (χ2n) is 7.63. The van der Waals surface area contributed by atoms with E-state index in [2.05, 4.69) is 15.3 Å². The van der Waals surface area contributed by atoms with Crippen molar-refractivity contribution < 1.29 is 18.3 Å². The van der Waals surface area contributed by atoms with E-state index in [4.69, 9.17) is 5.11 Å². The van der Waals surface area contributed by atoms with Crippen LogP contribution in [0.15, 0.2) is 59.5 Å². The number of aliphatic carboxylic acids is 1. The van der Waals surface area contributed by atoms with E-state index in [1.54, 1.807) is 35.6 Å². The predicted molar refractivity (Wildman–Crippen MR) is 124 cm³/mol. The highest BCUT2D eigenvalue weighted by molar-refractivity contribution is 7.91. The van der Waals surface area contributed by atoms with Crippen LogP contribution in [0.3, 0.4) is 0 Å². The SMILES string of the molecule is O=C(O)Cc1ccc(Nc2nc(-c3cc4ccccc4s3)nc3c2S(=O)(=O)CCC3)cc1. The third-order valence-electron chi connectivity index (χ3n) is 5.29. The Morgan fingerprint density at radius 1 is 1.09 bits per heavy atom. The van der Waals surface area contributed by atoms with E-state index in [-0.39, 0.29) is 22.9 Å². The van der Waals surface area contributed by atoms with Crippen molar-refractivity contribution in [2.45, 2.75) is 24.2 Å². The molecule has 0 bridgehead atoms. The van der Waals surface area contributed by atoms with Gasteiger partial charge < -0.3 is 10.4 Å². The van der Waals surface area contributed by atoms with Gasteiger partial charge in [-0.2, -0.15) is 0 Å². The molecule has 32 heavy (non-hydrogen) atoms. The molecule has 4 aromatic rings. The lowest BCUT2D eigenvalue weighted by Gasteiger charge is -2.20. The van der Waals surface area contributed by atoms with Gasteiger partial charge in [-0.25, -0.2) is 18.4 Å². The number of carbonyl (C=O) groups is 1. The summed E-state index contributed by atoms with van der Waals surface area (Å²) in [6.45, 7) is 0. The highest BCUT2D eigenvalue weighted by Gasteiger charge is 2.30. The van der Waals surface area contributed by atoms with Crippen molar-refractivity contribution in [3.63, 3.8) is 0 Å². The number of carboxylic acid groups (broad SMARTS) is 1. The van der Waals surface area contributed by atoms with Crippen molar-refractivity contribution in [3.05, 3.63) is 65.9 Å². The van der Waals surface area contributed by atoms with Crippen LogP contribution in [0.25, 0.3) is 20.8 Å². The number of aromatic nitrogens is 2. The van der Waals surface area contributed by atoms with Gasteiger partial charge in [0.25, 0.3) is 0 Å². The molecule has 0 spiro atoms. The van der Waals surface area contributed by atoms with Crippen molar-refractivity contribution in [1.82, 2.24) is 9.97 Å². The second-order valence-corrected chi connectivity index (χ2v) is 10.8. The zero-order valence-electron chi connectivity index (χ0n) is 16.9. The molecular weight excluding hydrogens is 446 g/mol. The van der Waals surface area contributed by atoms with Crippen LogP contribution in [-0.2, 0) is 27.5 Å². The monoisotopic (exact) mass is 465 g/mol. The molecular formula is C23H19N3O4S2. The van der Waals surface area contributed by atoms with Crippen LogP contribution < -0.4 is 5.32 Å². The molecule has 2 aromatic carbocycles. The van der Waals surface area contributed by atoms with Crippen LogP contribution in [0.4, 0.5) is 11.5 Å². The third-order valence-corrected chi connectivity index (χ3v) is 8.28. The summed E-state index contributed by atoms with van der Waals surface area (Å²) in [6, 6.07) is 16.9. The zero-order chi connectivity index (χ0) is 22.3. The second kappa shape index (κ2) is 7.99. The number of aryl methyl sites for hydroxylation is 1. The fourth-order valence-electron chi connectivity index (χ4n) is 3.83. The number of hydrogen-bond donors (Lipinski definition) is 2. The van der Waals surface area contributed by atoms with E-state index in [1.165, 1.54) is 0 Å². The number of nitrogens with one attached hydrogen (secondary N) is 1. The number of benzene rings is 2. The van der Waals surface area contributed by atoms with Gasteiger partial charge in [0.1, 0.15) is 4.90 Å². The zero-order valence-corrected chi connectivity index (χ0v) is 18.5. The van der Waals surface area contributed by atoms with Gasteiger partial charge in [0.15, 0.2) is 21.5 Å². The van der Waals surface area contributed by atoms with Crippen molar-refractivity contribution >= 4 is 48.7 Å². The van der Waals surface area contributed by atoms with Crippen LogP contribution in [-0.4, -0.2) is 35.2 Å². The number of carboxylic acids is 1. The molecule has 0 atom stereocenters. The molecule has 2 N–H and O–H groups in total. The van der Waals surface area contributed by atoms with Crippen molar-refractivity contribution in [2.75, 3.05) is 11.1 Å². The minimum atomic E-state index is -3.50. The van der Waals surface area contributed by atoms with Gasteiger partial charge in [0.2, 0.25) is 0 Å². The first-order valence-corrected chi connectivity index (χ1v) is 12.6. The van der Waals surface area contributed by atoms with Crippen molar-refractivity contribution in [1.29, 1.82) is 0 Å². The molecule has 0 fully saturated rings. The minimum Gasteiger partial charge on any atom is -0.481 e. The summed E-state index contributed by atoms with van der Waals surface area (Å²) in [4.78, 5) is 21.2. The van der Waals surface area contributed by atoms with Crippen molar-refractivity contribution in [3.8, 4) is 10.7 Å². The topological polar surface area (TPSA) is 109 Å². The molecule has 3 heterocycles. The summed E-state index contributed by atoms with van der Waals surface area (Å²) in [5.74, 6) is -0.0903. The van der Waals surface area contributed by atoms with E-state index in [1.807, 2.05) is 30.3 Å². The predicted octanol–water partition coefficient (Wildman–Crippen LogP) is 4.45. The minimum absolute atomic E-state index is 0.0673. The lowest BCUT2D eigenvalue weighted by molar-refractivity contribution is -0.136. The lowest BCUT2D eigenvalue weighted by atomic mass is 10.1. The van der Waals surface area contributed by atoms with Gasteiger partial charge in [-0.15, -0.1) is 11.3 Å². The highest BCUT2D eigenvalue weighted by atomic mass is 32.2. The quantitative estimate of drug-likeness (QED) is 0.448. The molecule has 162 valence electrons. The normalized spacial score (nSPS) is 14.8. The summed E-state index contributed by atoms with van der Waals surface area (Å²) in [5.41, 5.74) is 1.82. The number of thiophene rings is 1. The first-order valence-electron chi connectivity index (χ1n) is 10.1. The van der Waals surface area contributed by atoms with Crippen molar-refractivity contribution in [2.24, 2.45) is 0 Å². The molecule has 0 aliphatic carbocycles. The summed E-state index contributed by atoms with van der Waals surface area (Å²) in [7, 11) is -3.50. The van der Waals surface area contributed by atoms with Gasteiger partial charge in [0.05, 0.1) is 22.7 Å². The highest BCUT2D eigenvalue weighted by Crippen LogP contribution is 2.37. The number of fused-ring (bicyclic) bond motifs is 2. The smallest absolute Gasteiger partial charge is 0.307 e. The average Bonchev–Trinajstić information content (AvgIpc) is 3.18. The first kappa shape index (κ1) is 20.6. The number of anilines is 2. The molecule has 0 unspecified atom stereocenters. The molecule has 1 aliphatic heterocycles. The molecule has 7 nitrogen and oxygen atoms in total. The number of sulfone groups is 1. The Hall–Kier alpha value is -3.30. The Morgan fingerprint density at radius 3 is 2.62 bits per heavy atom. The Bertz CT molecular complexity index is 1410. The molecule has 2 aromatic heterocycles. The van der Waals surface area contributed by atoms with Crippen LogP contribution >= 0.6 is 11.3 Å². The Kier molecular flexibility index (Phi) is 5.15. The standard InChI is InChI=1S/C23H19N3O4S2/c27-20(28)12-14-7-9-16(10-8-14)24-23-21-17(5-3-11-32(21,29)30)25-22(26-23)19-13-15-4-1-2-6-18(15)31-19/h1-2,4,6-10,13H,3,5,11-12H2,(H,27,28)(H,24,25,26). The van der Waals surface area contributed by atoms with Gasteiger partial charge >= 0.3 is 5.97 Å². The maximum atomic E-state index is 12.9. The van der Waals surface area contributed by atoms with Crippen LogP contribution in [0, 0.1) is 0 Å². The van der Waals surface area contributed by atoms with Crippen LogP contribution in [0.5, 0.6) is 0 Å². The molecule has 0 saturated carbocycles. The van der Waals surface area contributed by atoms with E-state index in [9.17, 15) is 13.2 Å². The Balaban J connectivity index is 1.59. The third kappa shape index (κ3) is 3.96. The maximum absolute atomic E-state index is 12.9. The average molecular weight is 466 g/mol. The van der Waals surface area contributed by atoms with E-state index < -0.39 is 15.8 Å². The fraction of sp³-hybridized carbons (Fsp3) is 0.174. The molecule has 5 rings (SSSR count).